The molecule has 0 saturated carbocycles. The number of hydrogen-bond acceptors (Lipinski definition) is 5. The van der Waals surface area contributed by atoms with E-state index in [1.165, 1.54) is 27.1 Å². The molecule has 0 saturated heterocycles. The van der Waals surface area contributed by atoms with Crippen molar-refractivity contribution >= 4 is 38.8 Å². The summed E-state index contributed by atoms with van der Waals surface area (Å²) in [7, 11) is 0. The number of aromatic nitrogens is 3. The third kappa shape index (κ3) is 3.79. The highest BCUT2D eigenvalue weighted by Gasteiger charge is 2.25. The van der Waals surface area contributed by atoms with Crippen LogP contribution in [0.15, 0.2) is 71.5 Å². The number of nitrogens with zero attached hydrogens (tertiary/aromatic N) is 2. The number of pyridine rings is 1. The van der Waals surface area contributed by atoms with Gasteiger partial charge in [0.2, 0.25) is 0 Å². The van der Waals surface area contributed by atoms with E-state index >= 15 is 0 Å². The second kappa shape index (κ2) is 8.80. The Kier molecular flexibility index (Phi) is 5.45. The van der Waals surface area contributed by atoms with Gasteiger partial charge in [-0.1, -0.05) is 48.5 Å². The smallest absolute Gasteiger partial charge is 0.295 e. The van der Waals surface area contributed by atoms with Crippen LogP contribution < -0.4 is 16.6 Å². The quantitative estimate of drug-likeness (QED) is 0.319. The van der Waals surface area contributed by atoms with Crippen LogP contribution in [0.3, 0.4) is 0 Å². The molecule has 0 fully saturated rings. The Morgan fingerprint density at radius 1 is 1.14 bits per heavy atom. The SMILES string of the molecule is Cc1[nH]n(-c2ccccc2)c(=O)c1NC(=O)c1sc2nc3c(cc2c1N)CC(c1ccccc1)CC3. The first-order chi connectivity index (χ1) is 17.5. The second-order valence-electron chi connectivity index (χ2n) is 9.18. The van der Waals surface area contributed by atoms with Gasteiger partial charge in [-0.3, -0.25) is 14.7 Å². The summed E-state index contributed by atoms with van der Waals surface area (Å²) < 4.78 is 1.41. The maximum Gasteiger partial charge on any atom is 0.295 e. The average molecular weight is 496 g/mol. The van der Waals surface area contributed by atoms with Crippen LogP contribution in [0.1, 0.15) is 44.5 Å². The molecule has 0 bridgehead atoms. The molecule has 3 aromatic heterocycles. The Bertz CT molecular complexity index is 1650. The molecule has 1 unspecified atom stereocenters. The fourth-order valence-electron chi connectivity index (χ4n) is 4.99. The molecule has 6 rings (SSSR count). The lowest BCUT2D eigenvalue weighted by Crippen LogP contribution is -2.21. The molecule has 36 heavy (non-hydrogen) atoms. The molecule has 1 amide bonds. The van der Waals surface area contributed by atoms with Gasteiger partial charge in [0.1, 0.15) is 15.4 Å². The number of aromatic amines is 1. The third-order valence-electron chi connectivity index (χ3n) is 6.89. The first-order valence-electron chi connectivity index (χ1n) is 11.9. The molecule has 3 heterocycles. The fourth-order valence-corrected chi connectivity index (χ4v) is 5.98. The van der Waals surface area contributed by atoms with Crippen molar-refractivity contribution in [2.24, 2.45) is 0 Å². The minimum Gasteiger partial charge on any atom is -0.397 e. The van der Waals surface area contributed by atoms with Crippen LogP contribution in [0.5, 0.6) is 0 Å². The van der Waals surface area contributed by atoms with Gasteiger partial charge in [0, 0.05) is 11.1 Å². The van der Waals surface area contributed by atoms with Crippen LogP contribution in [0.2, 0.25) is 0 Å². The van der Waals surface area contributed by atoms with Gasteiger partial charge in [-0.05, 0) is 61.4 Å². The van der Waals surface area contributed by atoms with Crippen molar-refractivity contribution in [1.82, 2.24) is 14.8 Å². The first-order valence-corrected chi connectivity index (χ1v) is 12.8. The number of carbonyl (C=O) groups is 1. The number of aryl methyl sites for hydroxylation is 2. The Balaban J connectivity index is 1.30. The summed E-state index contributed by atoms with van der Waals surface area (Å²) in [5, 5.41) is 6.61. The number of amides is 1. The molecular weight excluding hydrogens is 470 g/mol. The molecule has 5 aromatic rings. The number of nitrogens with two attached hydrogens (primary N) is 1. The summed E-state index contributed by atoms with van der Waals surface area (Å²) in [4.78, 5) is 32.3. The van der Waals surface area contributed by atoms with E-state index in [0.717, 1.165) is 35.2 Å². The molecule has 0 aliphatic heterocycles. The van der Waals surface area contributed by atoms with Gasteiger partial charge in [-0.2, -0.15) is 0 Å². The predicted octanol–water partition coefficient (Wildman–Crippen LogP) is 5.19. The number of H-pyrrole nitrogens is 1. The van der Waals surface area contributed by atoms with Crippen LogP contribution in [-0.4, -0.2) is 20.7 Å². The van der Waals surface area contributed by atoms with Gasteiger partial charge < -0.3 is 11.1 Å². The summed E-state index contributed by atoms with van der Waals surface area (Å²) in [6.07, 6.45) is 2.84. The second-order valence-corrected chi connectivity index (χ2v) is 10.2. The zero-order valence-electron chi connectivity index (χ0n) is 19.7. The van der Waals surface area contributed by atoms with Crippen molar-refractivity contribution in [1.29, 1.82) is 0 Å². The molecule has 180 valence electrons. The Morgan fingerprint density at radius 2 is 1.86 bits per heavy atom. The number of anilines is 2. The number of fused-ring (bicyclic) bond motifs is 2. The van der Waals surface area contributed by atoms with E-state index in [-0.39, 0.29) is 11.2 Å². The zero-order valence-corrected chi connectivity index (χ0v) is 20.6. The van der Waals surface area contributed by atoms with Crippen molar-refractivity contribution in [3.63, 3.8) is 0 Å². The van der Waals surface area contributed by atoms with E-state index in [4.69, 9.17) is 10.7 Å². The number of nitrogens with one attached hydrogen (secondary N) is 2. The molecule has 0 spiro atoms. The number of para-hydroxylation sites is 1. The molecule has 1 aliphatic rings. The highest BCUT2D eigenvalue weighted by atomic mass is 32.1. The molecule has 7 nitrogen and oxygen atoms in total. The van der Waals surface area contributed by atoms with Crippen molar-refractivity contribution in [2.45, 2.75) is 32.1 Å². The number of rotatable bonds is 4. The van der Waals surface area contributed by atoms with Crippen molar-refractivity contribution in [3.05, 3.63) is 104 Å². The minimum absolute atomic E-state index is 0.207. The van der Waals surface area contributed by atoms with E-state index < -0.39 is 5.91 Å². The van der Waals surface area contributed by atoms with Crippen molar-refractivity contribution < 1.29 is 4.79 Å². The van der Waals surface area contributed by atoms with Gasteiger partial charge in [-0.15, -0.1) is 11.3 Å². The number of hydrogen-bond donors (Lipinski definition) is 3. The van der Waals surface area contributed by atoms with E-state index in [0.29, 0.717) is 27.9 Å². The zero-order chi connectivity index (χ0) is 24.8. The largest absolute Gasteiger partial charge is 0.397 e. The van der Waals surface area contributed by atoms with Gasteiger partial charge in [0.05, 0.1) is 17.1 Å². The van der Waals surface area contributed by atoms with Crippen molar-refractivity contribution in [2.75, 3.05) is 11.1 Å². The molecule has 1 atom stereocenters. The minimum atomic E-state index is -0.407. The highest BCUT2D eigenvalue weighted by Crippen LogP contribution is 2.38. The molecule has 1 aliphatic carbocycles. The van der Waals surface area contributed by atoms with Crippen LogP contribution >= 0.6 is 11.3 Å². The van der Waals surface area contributed by atoms with E-state index in [1.54, 1.807) is 6.92 Å². The lowest BCUT2D eigenvalue weighted by Gasteiger charge is -2.24. The summed E-state index contributed by atoms with van der Waals surface area (Å²) in [5.41, 5.74) is 11.6. The van der Waals surface area contributed by atoms with Crippen LogP contribution in [0.4, 0.5) is 11.4 Å². The Morgan fingerprint density at radius 3 is 2.61 bits per heavy atom. The average Bonchev–Trinajstić information content (AvgIpc) is 3.38. The van der Waals surface area contributed by atoms with E-state index in [1.807, 2.05) is 36.4 Å². The summed E-state index contributed by atoms with van der Waals surface area (Å²) in [5.74, 6) is 0.0407. The topological polar surface area (TPSA) is 106 Å². The van der Waals surface area contributed by atoms with Crippen LogP contribution in [0, 0.1) is 6.92 Å². The molecule has 0 radical (unpaired) electrons. The van der Waals surface area contributed by atoms with Crippen LogP contribution in [0.25, 0.3) is 15.9 Å². The molecule has 8 heteroatoms. The fraction of sp³-hybridized carbons (Fsp3) is 0.179. The summed E-state index contributed by atoms with van der Waals surface area (Å²) in [6.45, 7) is 1.75. The monoisotopic (exact) mass is 495 g/mol. The summed E-state index contributed by atoms with van der Waals surface area (Å²) >= 11 is 1.27. The lowest BCUT2D eigenvalue weighted by molar-refractivity contribution is 0.103. The van der Waals surface area contributed by atoms with E-state index in [9.17, 15) is 9.59 Å². The lowest BCUT2D eigenvalue weighted by atomic mass is 9.82. The molecule has 4 N–H and O–H groups in total. The van der Waals surface area contributed by atoms with Crippen LogP contribution in [-0.2, 0) is 12.8 Å². The molecular formula is C28H25N5O2S. The molecule has 2 aromatic carbocycles. The predicted molar refractivity (Wildman–Crippen MR) is 144 cm³/mol. The third-order valence-corrected chi connectivity index (χ3v) is 8.00. The normalized spacial score (nSPS) is 15.1. The Hall–Kier alpha value is -4.17. The number of carbonyl (C=O) groups excluding carboxylic acids is 1. The van der Waals surface area contributed by atoms with E-state index in [2.05, 4.69) is 40.7 Å². The standard InChI is InChI=1S/C28H25N5O2S/c1-16-24(28(35)33(32-16)20-10-6-3-7-11-20)31-26(34)25-23(29)21-15-19-14-18(17-8-4-2-5-9-17)12-13-22(19)30-27(21)36-25/h2-11,15,18,32H,12-14,29H2,1H3,(H,31,34). The Labute approximate surface area is 211 Å². The van der Waals surface area contributed by atoms with Gasteiger partial charge >= 0.3 is 0 Å². The van der Waals surface area contributed by atoms with Crippen molar-refractivity contribution in [3.8, 4) is 5.69 Å². The first kappa shape index (κ1) is 22.3. The van der Waals surface area contributed by atoms with Gasteiger partial charge in [0.25, 0.3) is 11.5 Å². The number of thiophene rings is 1. The van der Waals surface area contributed by atoms with Gasteiger partial charge in [-0.25, -0.2) is 9.67 Å². The number of nitrogen functional groups attached to an aromatic ring is 1. The highest BCUT2D eigenvalue weighted by molar-refractivity contribution is 7.21. The van der Waals surface area contributed by atoms with Gasteiger partial charge in [0.15, 0.2) is 0 Å². The number of benzene rings is 2. The summed E-state index contributed by atoms with van der Waals surface area (Å²) in [6, 6.07) is 21.9. The maximum absolute atomic E-state index is 13.2. The maximum atomic E-state index is 13.2.